The minimum Gasteiger partial charge on any atom is -0.508 e. The number of benzene rings is 2. The summed E-state index contributed by atoms with van der Waals surface area (Å²) in [6, 6.07) is 13.0. The number of hydrogen-bond donors (Lipinski definition) is 4. The molecular formula is C22H29N3O3. The fourth-order valence-corrected chi connectivity index (χ4v) is 3.12. The van der Waals surface area contributed by atoms with Gasteiger partial charge in [-0.15, -0.1) is 0 Å². The first-order chi connectivity index (χ1) is 13.1. The smallest absolute Gasteiger partial charge is 0.242 e. The lowest BCUT2D eigenvalue weighted by atomic mass is 9.84. The summed E-state index contributed by atoms with van der Waals surface area (Å²) in [6.07, 6.45) is 0.246. The summed E-state index contributed by atoms with van der Waals surface area (Å²) in [5.41, 5.74) is 7.67. The van der Waals surface area contributed by atoms with Crippen LogP contribution < -0.4 is 16.4 Å². The zero-order valence-corrected chi connectivity index (χ0v) is 16.8. The zero-order valence-electron chi connectivity index (χ0n) is 16.8. The van der Waals surface area contributed by atoms with Gasteiger partial charge in [0.25, 0.3) is 0 Å². The number of rotatable bonds is 7. The van der Waals surface area contributed by atoms with E-state index in [1.165, 1.54) is 0 Å². The molecule has 0 aromatic heterocycles. The third-order valence-corrected chi connectivity index (χ3v) is 4.65. The highest BCUT2D eigenvalue weighted by atomic mass is 16.3. The van der Waals surface area contributed by atoms with Gasteiger partial charge in [0, 0.05) is 6.42 Å². The molecule has 0 aliphatic rings. The van der Waals surface area contributed by atoms with Crippen LogP contribution in [0.1, 0.15) is 43.5 Å². The van der Waals surface area contributed by atoms with E-state index in [9.17, 15) is 14.7 Å². The van der Waals surface area contributed by atoms with Crippen molar-refractivity contribution in [2.75, 3.05) is 7.05 Å². The van der Waals surface area contributed by atoms with E-state index in [2.05, 4.69) is 10.6 Å². The number of amides is 2. The highest BCUT2D eigenvalue weighted by Gasteiger charge is 2.25. The molecule has 6 nitrogen and oxygen atoms in total. The van der Waals surface area contributed by atoms with Gasteiger partial charge >= 0.3 is 0 Å². The van der Waals surface area contributed by atoms with E-state index < -0.39 is 18.0 Å². The molecular weight excluding hydrogens is 354 g/mol. The minimum atomic E-state index is -0.857. The summed E-state index contributed by atoms with van der Waals surface area (Å²) >= 11 is 0. The molecule has 2 aromatic rings. The predicted molar refractivity (Wildman–Crippen MR) is 110 cm³/mol. The molecule has 0 unspecified atom stereocenters. The van der Waals surface area contributed by atoms with Gasteiger partial charge in [-0.25, -0.2) is 0 Å². The van der Waals surface area contributed by atoms with E-state index >= 15 is 0 Å². The van der Waals surface area contributed by atoms with Crippen molar-refractivity contribution in [1.29, 1.82) is 0 Å². The van der Waals surface area contributed by atoms with E-state index in [1.54, 1.807) is 19.2 Å². The Bertz CT molecular complexity index is 829. The lowest BCUT2D eigenvalue weighted by molar-refractivity contribution is -0.128. The van der Waals surface area contributed by atoms with Crippen LogP contribution in [0.25, 0.3) is 0 Å². The Balaban J connectivity index is 2.20. The molecule has 5 N–H and O–H groups in total. The maximum Gasteiger partial charge on any atom is 0.242 e. The first-order valence-electron chi connectivity index (χ1n) is 9.27. The molecule has 0 aliphatic carbocycles. The van der Waals surface area contributed by atoms with Crippen molar-refractivity contribution >= 4 is 11.8 Å². The molecule has 2 aromatic carbocycles. The molecule has 0 spiro atoms. The normalized spacial score (nSPS) is 13.6. The average molecular weight is 383 g/mol. The van der Waals surface area contributed by atoms with Crippen molar-refractivity contribution < 1.29 is 14.7 Å². The molecule has 2 rings (SSSR count). The number of aromatic hydroxyl groups is 1. The number of nitrogens with two attached hydrogens (primary N) is 1. The Kier molecular flexibility index (Phi) is 6.80. The summed E-state index contributed by atoms with van der Waals surface area (Å²) in [7, 11) is 1.69. The molecule has 0 fully saturated rings. The Morgan fingerprint density at radius 2 is 1.75 bits per heavy atom. The van der Waals surface area contributed by atoms with Crippen LogP contribution in [0, 0.1) is 0 Å². The molecule has 0 bridgehead atoms. The molecule has 0 saturated carbocycles. The first-order valence-corrected chi connectivity index (χ1v) is 9.27. The Labute approximate surface area is 166 Å². The molecule has 0 radical (unpaired) electrons. The van der Waals surface area contributed by atoms with Crippen LogP contribution in [0.2, 0.25) is 0 Å². The van der Waals surface area contributed by atoms with Crippen molar-refractivity contribution in [2.45, 2.75) is 44.7 Å². The maximum atomic E-state index is 12.7. The molecule has 150 valence electrons. The lowest BCUT2D eigenvalue weighted by Gasteiger charge is -2.23. The van der Waals surface area contributed by atoms with Gasteiger partial charge in [-0.1, -0.05) is 63.2 Å². The number of phenols is 1. The maximum absolute atomic E-state index is 12.7. The van der Waals surface area contributed by atoms with Gasteiger partial charge in [-0.2, -0.15) is 0 Å². The number of likely N-dealkylation sites (N-methyl/N-ethyl adjacent to an activating group) is 1. The standard InChI is InChI=1S/C22H29N3O3/c1-22(2,3)16-12-14(10-11-18(16)26)13-17(20(23)27)25-21(28)19(24-4)15-8-6-5-7-9-15/h5-12,17,19,24,26H,13H2,1-4H3,(H2,23,27)(H,25,28)/t17-,19+/m0/s1. The van der Waals surface area contributed by atoms with Crippen LogP contribution in [0.5, 0.6) is 5.75 Å². The van der Waals surface area contributed by atoms with Gasteiger partial charge in [-0.3, -0.25) is 9.59 Å². The second-order valence-corrected chi connectivity index (χ2v) is 7.90. The minimum absolute atomic E-state index is 0.204. The topological polar surface area (TPSA) is 104 Å². The first kappa shape index (κ1) is 21.4. The fourth-order valence-electron chi connectivity index (χ4n) is 3.12. The van der Waals surface area contributed by atoms with Gasteiger partial charge in [-0.05, 0) is 35.2 Å². The summed E-state index contributed by atoms with van der Waals surface area (Å²) in [4.78, 5) is 24.7. The predicted octanol–water partition coefficient (Wildman–Crippen LogP) is 2.16. The van der Waals surface area contributed by atoms with E-state index in [-0.39, 0.29) is 23.5 Å². The van der Waals surface area contributed by atoms with E-state index in [4.69, 9.17) is 5.73 Å². The molecule has 2 amide bonds. The Hall–Kier alpha value is -2.86. The van der Waals surface area contributed by atoms with Gasteiger partial charge in [0.05, 0.1) is 0 Å². The average Bonchev–Trinajstić information content (AvgIpc) is 2.63. The number of hydrogen-bond acceptors (Lipinski definition) is 4. The quantitative estimate of drug-likeness (QED) is 0.588. The van der Waals surface area contributed by atoms with Gasteiger partial charge in [0.1, 0.15) is 17.8 Å². The second kappa shape index (κ2) is 8.89. The van der Waals surface area contributed by atoms with E-state index in [0.29, 0.717) is 0 Å². The highest BCUT2D eigenvalue weighted by molar-refractivity contribution is 5.89. The van der Waals surface area contributed by atoms with Crippen molar-refractivity contribution in [3.05, 3.63) is 65.2 Å². The van der Waals surface area contributed by atoms with Crippen molar-refractivity contribution in [3.63, 3.8) is 0 Å². The highest BCUT2D eigenvalue weighted by Crippen LogP contribution is 2.31. The Morgan fingerprint density at radius 3 is 2.29 bits per heavy atom. The molecule has 2 atom stereocenters. The summed E-state index contributed by atoms with van der Waals surface area (Å²) in [6.45, 7) is 5.99. The van der Waals surface area contributed by atoms with Crippen molar-refractivity contribution in [2.24, 2.45) is 5.73 Å². The third-order valence-electron chi connectivity index (χ3n) is 4.65. The van der Waals surface area contributed by atoms with Crippen LogP contribution in [0.4, 0.5) is 0 Å². The summed E-state index contributed by atoms with van der Waals surface area (Å²) in [5, 5.41) is 15.8. The number of phenolic OH excluding ortho intramolecular Hbond substituents is 1. The third kappa shape index (κ3) is 5.33. The zero-order chi connectivity index (χ0) is 20.9. The Morgan fingerprint density at radius 1 is 1.11 bits per heavy atom. The van der Waals surface area contributed by atoms with Crippen LogP contribution in [0.3, 0.4) is 0 Å². The number of nitrogens with one attached hydrogen (secondary N) is 2. The van der Waals surface area contributed by atoms with Crippen molar-refractivity contribution in [1.82, 2.24) is 10.6 Å². The van der Waals surface area contributed by atoms with E-state index in [1.807, 2.05) is 57.2 Å². The van der Waals surface area contributed by atoms with Crippen LogP contribution >= 0.6 is 0 Å². The van der Waals surface area contributed by atoms with Crippen LogP contribution in [-0.2, 0) is 21.4 Å². The summed E-state index contributed by atoms with van der Waals surface area (Å²) in [5.74, 6) is -0.732. The number of carbonyl (C=O) groups is 2. The SMILES string of the molecule is CN[C@@H](C(=O)N[C@@H](Cc1ccc(O)c(C(C)(C)C)c1)C(N)=O)c1ccccc1. The van der Waals surface area contributed by atoms with Crippen LogP contribution in [-0.4, -0.2) is 30.0 Å². The summed E-state index contributed by atoms with van der Waals surface area (Å²) < 4.78 is 0. The molecule has 28 heavy (non-hydrogen) atoms. The van der Waals surface area contributed by atoms with Gasteiger partial charge in [0.15, 0.2) is 0 Å². The van der Waals surface area contributed by atoms with Crippen molar-refractivity contribution in [3.8, 4) is 5.75 Å². The largest absolute Gasteiger partial charge is 0.508 e. The molecule has 0 aliphatic heterocycles. The number of carbonyl (C=O) groups excluding carboxylic acids is 2. The molecule has 0 heterocycles. The molecule has 6 heteroatoms. The lowest BCUT2D eigenvalue weighted by Crippen LogP contribution is -2.49. The van der Waals surface area contributed by atoms with E-state index in [0.717, 1.165) is 16.7 Å². The second-order valence-electron chi connectivity index (χ2n) is 7.90. The van der Waals surface area contributed by atoms with Gasteiger partial charge in [0.2, 0.25) is 11.8 Å². The molecule has 0 saturated heterocycles. The fraction of sp³-hybridized carbons (Fsp3) is 0.364. The van der Waals surface area contributed by atoms with Gasteiger partial charge < -0.3 is 21.5 Å². The monoisotopic (exact) mass is 383 g/mol. The number of primary amides is 1. The van der Waals surface area contributed by atoms with Crippen LogP contribution in [0.15, 0.2) is 48.5 Å².